The van der Waals surface area contributed by atoms with Gasteiger partial charge in [0.1, 0.15) is 0 Å². The fourth-order valence-corrected chi connectivity index (χ4v) is 5.37. The van der Waals surface area contributed by atoms with Gasteiger partial charge in [-0.1, -0.05) is 6.07 Å². The summed E-state index contributed by atoms with van der Waals surface area (Å²) in [6, 6.07) is 15.5. The molecule has 0 aromatic heterocycles. The zero-order valence-corrected chi connectivity index (χ0v) is 18.0. The Bertz CT molecular complexity index is 719. The Hall–Kier alpha value is -1.86. The van der Waals surface area contributed by atoms with E-state index in [1.807, 2.05) is 26.8 Å². The zero-order chi connectivity index (χ0) is 21.1. The molecular formula is C21H29O7P. The van der Waals surface area contributed by atoms with Crippen molar-refractivity contribution in [1.82, 2.24) is 0 Å². The number of aliphatic hydroxyl groups is 1. The van der Waals surface area contributed by atoms with Gasteiger partial charge in [0.15, 0.2) is 0 Å². The maximum absolute atomic E-state index is 12.2. The molecule has 0 heterocycles. The second kappa shape index (κ2) is 12.0. The van der Waals surface area contributed by atoms with Gasteiger partial charge in [-0.25, -0.2) is 0 Å². The van der Waals surface area contributed by atoms with Gasteiger partial charge in [0.2, 0.25) is 0 Å². The van der Waals surface area contributed by atoms with Crippen LogP contribution >= 0.6 is 7.94 Å². The summed E-state index contributed by atoms with van der Waals surface area (Å²) in [6.45, 7) is 7.21. The van der Waals surface area contributed by atoms with Gasteiger partial charge in [0.05, 0.1) is 0 Å². The predicted octanol–water partition coefficient (Wildman–Crippen LogP) is 4.57. The molecule has 1 N–H and O–H groups in total. The van der Waals surface area contributed by atoms with Crippen molar-refractivity contribution < 1.29 is 33.2 Å². The van der Waals surface area contributed by atoms with Crippen molar-refractivity contribution in [3.8, 4) is 0 Å². The third kappa shape index (κ3) is 7.16. The first-order valence-electron chi connectivity index (χ1n) is 9.65. The number of carbonyl (C=O) groups excluding carboxylic acids is 1. The summed E-state index contributed by atoms with van der Waals surface area (Å²) in [5.41, 5.74) is 1.71. The molecule has 2 rings (SSSR count). The Balaban J connectivity index is 1.98. The first kappa shape index (κ1) is 23.4. The number of hydrogen-bond acceptors (Lipinski definition) is 7. The van der Waals surface area contributed by atoms with Gasteiger partial charge in [0.25, 0.3) is 0 Å². The van der Waals surface area contributed by atoms with Crippen LogP contribution in [0.25, 0.3) is 0 Å². The van der Waals surface area contributed by atoms with Gasteiger partial charge in [-0.15, -0.1) is 0 Å². The second-order valence-corrected chi connectivity index (χ2v) is 8.67. The van der Waals surface area contributed by atoms with Crippen molar-refractivity contribution in [1.29, 1.82) is 0 Å². The Labute approximate surface area is 172 Å². The van der Waals surface area contributed by atoms with Crippen molar-refractivity contribution in [3.05, 3.63) is 71.3 Å². The Kier molecular flexibility index (Phi) is 9.67. The van der Waals surface area contributed by atoms with Gasteiger partial charge >= 0.3 is 165 Å². The van der Waals surface area contributed by atoms with Crippen LogP contribution in [0, 0.1) is 0 Å². The molecule has 0 aliphatic carbocycles. The molecule has 2 aromatic rings. The molecule has 0 saturated carbocycles. The molecule has 160 valence electrons. The summed E-state index contributed by atoms with van der Waals surface area (Å²) in [5.74, 6) is -0.700. The van der Waals surface area contributed by atoms with Gasteiger partial charge in [0, 0.05) is 0 Å². The first-order chi connectivity index (χ1) is 14.0. The van der Waals surface area contributed by atoms with Crippen molar-refractivity contribution in [2.45, 2.75) is 33.2 Å². The Morgan fingerprint density at radius 2 is 1.45 bits per heavy atom. The van der Waals surface area contributed by atoms with Crippen LogP contribution in [0.1, 0.15) is 48.5 Å². The average molecular weight is 424 g/mol. The summed E-state index contributed by atoms with van der Waals surface area (Å²) in [6.07, 6.45) is -0.851. The number of hydrogen-bond donors (Lipinski definition) is 1. The van der Waals surface area contributed by atoms with Gasteiger partial charge in [-0.3, -0.25) is 0 Å². The standard InChI is InChI=1S/C21H29O7P/c1-4-24-29(25-5-2,26-6-3)16-17-12-14-19(15-13-17)21(23)28-27-20(22)18-10-8-7-9-11-18/h7-15,20,22,29H,4-6,16H2,1-3H3. The third-order valence-corrected chi connectivity index (χ3v) is 7.03. The maximum atomic E-state index is 12.2. The predicted molar refractivity (Wildman–Crippen MR) is 111 cm³/mol. The molecule has 0 aliphatic heterocycles. The van der Waals surface area contributed by atoms with E-state index in [1.54, 1.807) is 48.5 Å². The van der Waals surface area contributed by atoms with E-state index in [4.69, 9.17) is 23.3 Å². The topological polar surface area (TPSA) is 83.5 Å². The summed E-state index contributed by atoms with van der Waals surface area (Å²) >= 11 is 0. The van der Waals surface area contributed by atoms with Crippen molar-refractivity contribution in [2.75, 3.05) is 19.8 Å². The number of benzene rings is 2. The second-order valence-electron chi connectivity index (χ2n) is 6.09. The van der Waals surface area contributed by atoms with Gasteiger partial charge in [-0.2, -0.15) is 0 Å². The quantitative estimate of drug-likeness (QED) is 0.231. The monoisotopic (exact) mass is 424 g/mol. The van der Waals surface area contributed by atoms with Gasteiger partial charge in [-0.05, 0) is 0 Å². The molecule has 0 bridgehead atoms. The Morgan fingerprint density at radius 3 is 1.97 bits per heavy atom. The van der Waals surface area contributed by atoms with E-state index < -0.39 is 20.2 Å². The normalized spacial score (nSPS) is 13.1. The van der Waals surface area contributed by atoms with Crippen molar-refractivity contribution in [3.63, 3.8) is 0 Å². The molecule has 1 unspecified atom stereocenters. The van der Waals surface area contributed by atoms with Crippen LogP contribution in [0.15, 0.2) is 54.6 Å². The van der Waals surface area contributed by atoms with E-state index in [2.05, 4.69) is 0 Å². The van der Waals surface area contributed by atoms with Gasteiger partial charge < -0.3 is 0 Å². The third-order valence-electron chi connectivity index (χ3n) is 4.00. The molecule has 29 heavy (non-hydrogen) atoms. The molecule has 2 aromatic carbocycles. The van der Waals surface area contributed by atoms with Crippen LogP contribution in [0.3, 0.4) is 0 Å². The molecule has 0 fully saturated rings. The van der Waals surface area contributed by atoms with E-state index in [-0.39, 0.29) is 0 Å². The average Bonchev–Trinajstić information content (AvgIpc) is 2.73. The molecule has 7 nitrogen and oxygen atoms in total. The fourth-order valence-electron chi connectivity index (χ4n) is 2.76. The van der Waals surface area contributed by atoms with Crippen LogP contribution < -0.4 is 0 Å². The minimum absolute atomic E-state index is 0.297. The van der Waals surface area contributed by atoms with E-state index in [0.717, 1.165) is 5.56 Å². The van der Waals surface area contributed by atoms with Crippen LogP contribution in [-0.4, -0.2) is 30.9 Å². The van der Waals surface area contributed by atoms with Crippen LogP contribution in [0.2, 0.25) is 0 Å². The van der Waals surface area contributed by atoms with Crippen LogP contribution in [0.4, 0.5) is 0 Å². The number of carbonyl (C=O) groups is 1. The van der Waals surface area contributed by atoms with E-state index in [9.17, 15) is 9.90 Å². The summed E-state index contributed by atoms with van der Waals surface area (Å²) in [5, 5.41) is 9.90. The van der Waals surface area contributed by atoms with Crippen LogP contribution in [-0.2, 0) is 29.5 Å². The molecule has 0 saturated heterocycles. The van der Waals surface area contributed by atoms with Crippen molar-refractivity contribution in [2.24, 2.45) is 0 Å². The zero-order valence-electron chi connectivity index (χ0n) is 17.0. The molecule has 0 spiro atoms. The van der Waals surface area contributed by atoms with Crippen molar-refractivity contribution >= 4 is 13.9 Å². The van der Waals surface area contributed by atoms with E-state index >= 15 is 0 Å². The first-order valence-corrected chi connectivity index (χ1v) is 11.6. The summed E-state index contributed by atoms with van der Waals surface area (Å²) in [7, 11) is -2.82. The van der Waals surface area contributed by atoms with E-state index in [0.29, 0.717) is 37.1 Å². The molecule has 0 aliphatic rings. The Morgan fingerprint density at radius 1 is 0.897 bits per heavy atom. The van der Waals surface area contributed by atoms with E-state index in [1.165, 1.54) is 0 Å². The molecular weight excluding hydrogens is 395 g/mol. The van der Waals surface area contributed by atoms with Crippen LogP contribution in [0.5, 0.6) is 0 Å². The summed E-state index contributed by atoms with van der Waals surface area (Å²) < 4.78 is 17.6. The number of aliphatic hydroxyl groups excluding tert-OH is 1. The molecule has 1 atom stereocenters. The molecule has 8 heteroatoms. The summed E-state index contributed by atoms with van der Waals surface area (Å²) in [4.78, 5) is 21.7. The molecule has 0 radical (unpaired) electrons. The molecule has 0 amide bonds. The minimum atomic E-state index is -2.82. The SMILES string of the molecule is CCO[PH](Cc1ccc(C(=O)OOC(O)c2ccccc2)cc1)(OCC)OCC. The number of rotatable bonds is 12. The fraction of sp³-hybridized carbons (Fsp3) is 0.381.